The van der Waals surface area contributed by atoms with Gasteiger partial charge < -0.3 is 29.5 Å². The minimum Gasteiger partial charge on any atom is -0.493 e. The predicted molar refractivity (Wildman–Crippen MR) is 147 cm³/mol. The largest absolute Gasteiger partial charge is 0.493 e. The highest BCUT2D eigenvalue weighted by molar-refractivity contribution is 6.00. The van der Waals surface area contributed by atoms with E-state index in [1.54, 1.807) is 11.0 Å². The average Bonchev–Trinajstić information content (AvgIpc) is 2.88. The fraction of sp³-hybridized carbons (Fsp3) is 0.500. The van der Waals surface area contributed by atoms with Gasteiger partial charge in [0.25, 0.3) is 0 Å². The Morgan fingerprint density at radius 2 is 1.77 bits per heavy atom. The Morgan fingerprint density at radius 1 is 1.10 bits per heavy atom. The van der Waals surface area contributed by atoms with Crippen molar-refractivity contribution in [3.8, 4) is 11.5 Å². The summed E-state index contributed by atoms with van der Waals surface area (Å²) in [5, 5.41) is 12.6. The molecule has 0 saturated heterocycles. The van der Waals surface area contributed by atoms with Gasteiger partial charge in [-0.3, -0.25) is 4.79 Å². The van der Waals surface area contributed by atoms with Crippen molar-refractivity contribution in [3.05, 3.63) is 58.7 Å². The molecule has 0 aliphatic heterocycles. The number of benzene rings is 2. The molecule has 212 valence electrons. The molecular formula is C30H40N2O7. The minimum absolute atomic E-state index is 0.179. The van der Waals surface area contributed by atoms with Crippen molar-refractivity contribution >= 4 is 17.8 Å². The minimum atomic E-state index is -1.26. The van der Waals surface area contributed by atoms with Crippen LogP contribution in [0.5, 0.6) is 11.5 Å². The van der Waals surface area contributed by atoms with Crippen LogP contribution in [-0.4, -0.2) is 59.7 Å². The van der Waals surface area contributed by atoms with E-state index in [0.717, 1.165) is 23.1 Å². The predicted octanol–water partition coefficient (Wildman–Crippen LogP) is 5.29. The van der Waals surface area contributed by atoms with E-state index in [1.807, 2.05) is 58.0 Å². The fourth-order valence-electron chi connectivity index (χ4n) is 4.88. The number of rotatable bonds is 14. The standard InChI is InChI=1S/C30H40N2O7/c1-6-38-25-18-24(20(3)27(39-7-2)26(25)22(5)33)21(4)32(16-17-37-19-23-12-9-8-10-13-23)29(36)31-30(28(34)35)14-11-15-30/h8-10,12-13,18,21H,6-7,11,14-17,19H2,1-5H3,(H,31,36)(H,34,35). The SMILES string of the molecule is CCOc1cc(C(C)N(CCOCc2ccccc2)C(=O)NC2(C(=O)O)CCC2)c(C)c(OCC)c1C(C)=O. The molecule has 0 heterocycles. The number of ketones is 1. The molecule has 39 heavy (non-hydrogen) atoms. The third kappa shape index (κ3) is 6.89. The first kappa shape index (κ1) is 30.0. The Balaban J connectivity index is 1.94. The molecule has 1 aliphatic carbocycles. The summed E-state index contributed by atoms with van der Waals surface area (Å²) in [5.41, 5.74) is 1.58. The summed E-state index contributed by atoms with van der Waals surface area (Å²) in [5.74, 6) is -0.391. The number of amides is 2. The molecule has 2 aromatic rings. The summed E-state index contributed by atoms with van der Waals surface area (Å²) < 4.78 is 17.6. The first-order valence-electron chi connectivity index (χ1n) is 13.5. The van der Waals surface area contributed by atoms with Crippen molar-refractivity contribution in [3.63, 3.8) is 0 Å². The number of urea groups is 1. The second-order valence-corrected chi connectivity index (χ2v) is 9.79. The van der Waals surface area contributed by atoms with Gasteiger partial charge in [-0.2, -0.15) is 0 Å². The molecule has 2 N–H and O–H groups in total. The summed E-state index contributed by atoms with van der Waals surface area (Å²) >= 11 is 0. The van der Waals surface area contributed by atoms with Crippen molar-refractivity contribution < 1.29 is 33.7 Å². The van der Waals surface area contributed by atoms with E-state index >= 15 is 0 Å². The van der Waals surface area contributed by atoms with E-state index in [-0.39, 0.29) is 18.9 Å². The summed E-state index contributed by atoms with van der Waals surface area (Å²) in [4.78, 5) is 39.7. The van der Waals surface area contributed by atoms with Crippen molar-refractivity contribution in [1.82, 2.24) is 10.2 Å². The number of ether oxygens (including phenoxy) is 3. The van der Waals surface area contributed by atoms with E-state index in [9.17, 15) is 19.5 Å². The number of carboxylic acid groups (broad SMARTS) is 1. The average molecular weight is 541 g/mol. The van der Waals surface area contributed by atoms with Crippen LogP contribution in [-0.2, 0) is 16.1 Å². The van der Waals surface area contributed by atoms with Gasteiger partial charge in [-0.15, -0.1) is 0 Å². The normalized spacial score (nSPS) is 14.6. The molecule has 0 aromatic heterocycles. The van der Waals surface area contributed by atoms with Crippen LogP contribution in [0.2, 0.25) is 0 Å². The van der Waals surface area contributed by atoms with Gasteiger partial charge in [-0.25, -0.2) is 9.59 Å². The number of Topliss-reactive ketones (excluding diaryl/α,β-unsaturated/α-hetero) is 1. The van der Waals surface area contributed by atoms with Gasteiger partial charge in [0.05, 0.1) is 32.5 Å². The second-order valence-electron chi connectivity index (χ2n) is 9.79. The lowest BCUT2D eigenvalue weighted by molar-refractivity contribution is -0.148. The molecule has 0 bridgehead atoms. The van der Waals surface area contributed by atoms with Crippen LogP contribution in [0.25, 0.3) is 0 Å². The quantitative estimate of drug-likeness (QED) is 0.247. The number of carbonyl (C=O) groups is 3. The fourth-order valence-corrected chi connectivity index (χ4v) is 4.88. The Bertz CT molecular complexity index is 1160. The molecule has 0 radical (unpaired) electrons. The number of carbonyl (C=O) groups excluding carboxylic acids is 2. The van der Waals surface area contributed by atoms with Crippen LogP contribution < -0.4 is 14.8 Å². The van der Waals surface area contributed by atoms with Gasteiger partial charge >= 0.3 is 12.0 Å². The second kappa shape index (κ2) is 13.5. The van der Waals surface area contributed by atoms with Gasteiger partial charge in [0.15, 0.2) is 5.78 Å². The number of nitrogens with one attached hydrogen (secondary N) is 1. The maximum Gasteiger partial charge on any atom is 0.329 e. The molecule has 2 aromatic carbocycles. The summed E-state index contributed by atoms with van der Waals surface area (Å²) in [6.07, 6.45) is 1.51. The third-order valence-electron chi connectivity index (χ3n) is 7.20. The molecule has 1 unspecified atom stereocenters. The molecule has 9 nitrogen and oxygen atoms in total. The zero-order chi connectivity index (χ0) is 28.6. The number of hydrogen-bond acceptors (Lipinski definition) is 6. The van der Waals surface area contributed by atoms with Gasteiger partial charge in [0.1, 0.15) is 22.6 Å². The monoisotopic (exact) mass is 540 g/mol. The summed E-state index contributed by atoms with van der Waals surface area (Å²) in [7, 11) is 0. The van der Waals surface area contributed by atoms with Crippen molar-refractivity contribution in [1.29, 1.82) is 0 Å². The zero-order valence-electron chi connectivity index (χ0n) is 23.5. The summed E-state index contributed by atoms with van der Waals surface area (Å²) in [6, 6.07) is 10.5. The first-order valence-corrected chi connectivity index (χ1v) is 13.5. The molecule has 0 spiro atoms. The van der Waals surface area contributed by atoms with Crippen LogP contribution in [0.3, 0.4) is 0 Å². The number of nitrogens with zero attached hydrogens (tertiary/aromatic N) is 1. The van der Waals surface area contributed by atoms with E-state index in [2.05, 4.69) is 5.32 Å². The number of aliphatic carboxylic acids is 1. The van der Waals surface area contributed by atoms with Gasteiger partial charge in [-0.05, 0) is 76.6 Å². The topological polar surface area (TPSA) is 114 Å². The van der Waals surface area contributed by atoms with Crippen molar-refractivity contribution in [2.45, 2.75) is 72.1 Å². The highest BCUT2D eigenvalue weighted by atomic mass is 16.5. The van der Waals surface area contributed by atoms with Crippen molar-refractivity contribution in [2.75, 3.05) is 26.4 Å². The lowest BCUT2D eigenvalue weighted by atomic mass is 9.77. The highest BCUT2D eigenvalue weighted by Crippen LogP contribution is 2.40. The van der Waals surface area contributed by atoms with Crippen molar-refractivity contribution in [2.24, 2.45) is 0 Å². The molecule has 1 fully saturated rings. The smallest absolute Gasteiger partial charge is 0.329 e. The lowest BCUT2D eigenvalue weighted by Crippen LogP contribution is -2.62. The van der Waals surface area contributed by atoms with Crippen LogP contribution in [0, 0.1) is 6.92 Å². The number of hydrogen-bond donors (Lipinski definition) is 2. The molecule has 3 rings (SSSR count). The first-order chi connectivity index (χ1) is 18.6. The molecular weight excluding hydrogens is 500 g/mol. The molecule has 9 heteroatoms. The van der Waals surface area contributed by atoms with Crippen LogP contribution in [0.1, 0.15) is 80.0 Å². The van der Waals surface area contributed by atoms with E-state index < -0.39 is 23.6 Å². The van der Waals surface area contributed by atoms with Gasteiger partial charge in [0.2, 0.25) is 0 Å². The zero-order valence-corrected chi connectivity index (χ0v) is 23.5. The Kier molecular flexibility index (Phi) is 10.3. The van der Waals surface area contributed by atoms with Crippen LogP contribution >= 0.6 is 0 Å². The van der Waals surface area contributed by atoms with Crippen LogP contribution in [0.4, 0.5) is 4.79 Å². The molecule has 1 aliphatic rings. The summed E-state index contributed by atoms with van der Waals surface area (Å²) in [6.45, 7) is 10.4. The molecule has 1 saturated carbocycles. The number of carboxylic acids is 1. The van der Waals surface area contributed by atoms with Gasteiger partial charge in [0, 0.05) is 6.54 Å². The molecule has 1 atom stereocenters. The Hall–Kier alpha value is -3.59. The maximum atomic E-state index is 13.6. The van der Waals surface area contributed by atoms with Gasteiger partial charge in [-0.1, -0.05) is 30.3 Å². The van der Waals surface area contributed by atoms with E-state index in [0.29, 0.717) is 49.7 Å². The van der Waals surface area contributed by atoms with E-state index in [1.165, 1.54) is 6.92 Å². The highest BCUT2D eigenvalue weighted by Gasteiger charge is 2.46. The maximum absolute atomic E-state index is 13.6. The molecule has 2 amide bonds. The van der Waals surface area contributed by atoms with Crippen LogP contribution in [0.15, 0.2) is 36.4 Å². The third-order valence-corrected chi connectivity index (χ3v) is 7.20. The lowest BCUT2D eigenvalue weighted by Gasteiger charge is -2.41. The van der Waals surface area contributed by atoms with E-state index in [4.69, 9.17) is 14.2 Å². The Labute approximate surface area is 230 Å². The Morgan fingerprint density at radius 3 is 2.31 bits per heavy atom.